The summed E-state index contributed by atoms with van der Waals surface area (Å²) >= 11 is 0. The summed E-state index contributed by atoms with van der Waals surface area (Å²) in [7, 11) is 4.18. The Labute approximate surface area is 121 Å². The molecule has 0 saturated carbocycles. The van der Waals surface area contributed by atoms with E-state index in [0.29, 0.717) is 0 Å². The van der Waals surface area contributed by atoms with Crippen LogP contribution in [0.5, 0.6) is 0 Å². The molecule has 1 aromatic heterocycles. The Morgan fingerprint density at radius 1 is 1.25 bits per heavy atom. The summed E-state index contributed by atoms with van der Waals surface area (Å²) in [5.74, 6) is 0. The number of nitrogens with two attached hydrogens (primary N) is 1. The van der Waals surface area contributed by atoms with Crippen LogP contribution in [0.2, 0.25) is 0 Å². The highest BCUT2D eigenvalue weighted by molar-refractivity contribution is 5.26. The van der Waals surface area contributed by atoms with E-state index in [2.05, 4.69) is 54.5 Å². The smallest absolute Gasteiger partial charge is 0.0949 e. The van der Waals surface area contributed by atoms with Crippen LogP contribution in [-0.4, -0.2) is 34.1 Å². The number of hydrogen-bond acceptors (Lipinski definition) is 3. The lowest BCUT2D eigenvalue weighted by Crippen LogP contribution is -2.42. The average molecular weight is 272 g/mol. The van der Waals surface area contributed by atoms with Crippen LogP contribution in [0, 0.1) is 0 Å². The van der Waals surface area contributed by atoms with Crippen molar-refractivity contribution in [3.8, 4) is 0 Å². The van der Waals surface area contributed by atoms with Gasteiger partial charge in [0.05, 0.1) is 24.3 Å². The highest BCUT2D eigenvalue weighted by atomic mass is 15.2. The van der Waals surface area contributed by atoms with Crippen molar-refractivity contribution in [3.63, 3.8) is 0 Å². The fourth-order valence-electron chi connectivity index (χ4n) is 2.11. The highest BCUT2D eigenvalue weighted by Crippen LogP contribution is 2.21. The summed E-state index contributed by atoms with van der Waals surface area (Å²) in [5, 5.41) is 0. The minimum atomic E-state index is -0.142. The Bertz CT molecular complexity index is 543. The number of aromatic nitrogens is 2. The molecule has 2 N–H and O–H groups in total. The van der Waals surface area contributed by atoms with E-state index in [1.54, 1.807) is 0 Å². The Kier molecular flexibility index (Phi) is 4.26. The van der Waals surface area contributed by atoms with Crippen molar-refractivity contribution in [2.45, 2.75) is 32.0 Å². The molecular formula is C16H24N4. The third-order valence-corrected chi connectivity index (χ3v) is 3.99. The molecule has 2 aromatic rings. The molecule has 1 heterocycles. The van der Waals surface area contributed by atoms with Crippen LogP contribution in [0.4, 0.5) is 0 Å². The molecule has 0 saturated heterocycles. The standard InChI is InChI=1S/C16H24N4/c1-16(2,19(3)4)11-20-12-18-10-14(20)15(17)13-8-6-5-7-9-13/h5-10,12,15H,11,17H2,1-4H3. The third-order valence-electron chi connectivity index (χ3n) is 3.99. The summed E-state index contributed by atoms with van der Waals surface area (Å²) in [5.41, 5.74) is 8.59. The summed E-state index contributed by atoms with van der Waals surface area (Å²) in [6.45, 7) is 5.28. The molecular weight excluding hydrogens is 248 g/mol. The molecule has 0 spiro atoms. The average Bonchev–Trinajstić information content (AvgIpc) is 2.86. The van der Waals surface area contributed by atoms with E-state index in [9.17, 15) is 0 Å². The molecule has 108 valence electrons. The maximum atomic E-state index is 6.38. The van der Waals surface area contributed by atoms with E-state index >= 15 is 0 Å². The van der Waals surface area contributed by atoms with Crippen LogP contribution in [0.15, 0.2) is 42.9 Å². The molecule has 0 aliphatic carbocycles. The monoisotopic (exact) mass is 272 g/mol. The Hall–Kier alpha value is -1.65. The first kappa shape index (κ1) is 14.8. The largest absolute Gasteiger partial charge is 0.331 e. The lowest BCUT2D eigenvalue weighted by molar-refractivity contribution is 0.168. The van der Waals surface area contributed by atoms with Gasteiger partial charge in [0.2, 0.25) is 0 Å². The molecule has 1 aromatic carbocycles. The van der Waals surface area contributed by atoms with Crippen molar-refractivity contribution in [1.29, 1.82) is 0 Å². The minimum Gasteiger partial charge on any atom is -0.331 e. The van der Waals surface area contributed by atoms with Gasteiger partial charge in [-0.25, -0.2) is 4.98 Å². The molecule has 2 rings (SSSR count). The SMILES string of the molecule is CN(C)C(C)(C)Cn1cncc1C(N)c1ccccc1. The van der Waals surface area contributed by atoms with Crippen LogP contribution in [-0.2, 0) is 6.54 Å². The Morgan fingerprint density at radius 2 is 1.90 bits per heavy atom. The highest BCUT2D eigenvalue weighted by Gasteiger charge is 2.23. The van der Waals surface area contributed by atoms with Crippen molar-refractivity contribution < 1.29 is 0 Å². The number of hydrogen-bond donors (Lipinski definition) is 1. The number of likely N-dealkylation sites (N-methyl/N-ethyl adjacent to an activating group) is 1. The third kappa shape index (κ3) is 3.08. The Balaban J connectivity index is 2.25. The molecule has 4 heteroatoms. The van der Waals surface area contributed by atoms with Gasteiger partial charge in [0.1, 0.15) is 0 Å². The summed E-state index contributed by atoms with van der Waals surface area (Å²) in [4.78, 5) is 6.49. The van der Waals surface area contributed by atoms with Crippen LogP contribution in [0.25, 0.3) is 0 Å². The van der Waals surface area contributed by atoms with Crippen LogP contribution in [0.1, 0.15) is 31.1 Å². The van der Waals surface area contributed by atoms with Gasteiger partial charge in [0, 0.05) is 12.1 Å². The first-order valence-electron chi connectivity index (χ1n) is 6.90. The van der Waals surface area contributed by atoms with Crippen LogP contribution >= 0.6 is 0 Å². The molecule has 1 unspecified atom stereocenters. The molecule has 0 bridgehead atoms. The van der Waals surface area contributed by atoms with Crippen molar-refractivity contribution in [2.75, 3.05) is 14.1 Å². The maximum absolute atomic E-state index is 6.38. The zero-order chi connectivity index (χ0) is 14.8. The maximum Gasteiger partial charge on any atom is 0.0949 e. The van der Waals surface area contributed by atoms with E-state index in [1.165, 1.54) is 0 Å². The topological polar surface area (TPSA) is 47.1 Å². The van der Waals surface area contributed by atoms with Gasteiger partial charge in [-0.1, -0.05) is 30.3 Å². The number of benzene rings is 1. The van der Waals surface area contributed by atoms with Crippen molar-refractivity contribution >= 4 is 0 Å². The molecule has 20 heavy (non-hydrogen) atoms. The van der Waals surface area contributed by atoms with Gasteiger partial charge in [0.15, 0.2) is 0 Å². The second-order valence-corrected chi connectivity index (χ2v) is 6.04. The molecule has 0 amide bonds. The van der Waals surface area contributed by atoms with E-state index in [1.807, 2.05) is 30.7 Å². The number of rotatable bonds is 5. The van der Waals surface area contributed by atoms with Gasteiger partial charge in [-0.3, -0.25) is 0 Å². The normalized spacial score (nSPS) is 13.7. The first-order chi connectivity index (χ1) is 9.42. The van der Waals surface area contributed by atoms with E-state index in [4.69, 9.17) is 5.73 Å². The quantitative estimate of drug-likeness (QED) is 0.908. The minimum absolute atomic E-state index is 0.0475. The number of imidazole rings is 1. The fourth-order valence-corrected chi connectivity index (χ4v) is 2.11. The van der Waals surface area contributed by atoms with E-state index in [-0.39, 0.29) is 11.6 Å². The zero-order valence-electron chi connectivity index (χ0n) is 12.7. The number of nitrogens with zero attached hydrogens (tertiary/aromatic N) is 3. The molecule has 0 fully saturated rings. The zero-order valence-corrected chi connectivity index (χ0v) is 12.7. The lowest BCUT2D eigenvalue weighted by Gasteiger charge is -2.33. The predicted molar refractivity (Wildman–Crippen MR) is 82.5 cm³/mol. The molecule has 0 aliphatic rings. The van der Waals surface area contributed by atoms with E-state index in [0.717, 1.165) is 17.8 Å². The molecule has 0 aliphatic heterocycles. The van der Waals surface area contributed by atoms with Crippen LogP contribution in [0.3, 0.4) is 0 Å². The first-order valence-corrected chi connectivity index (χ1v) is 6.90. The summed E-state index contributed by atoms with van der Waals surface area (Å²) in [6.07, 6.45) is 3.73. The van der Waals surface area contributed by atoms with Gasteiger partial charge in [-0.2, -0.15) is 0 Å². The van der Waals surface area contributed by atoms with Crippen LogP contribution < -0.4 is 5.73 Å². The molecule has 4 nitrogen and oxygen atoms in total. The Morgan fingerprint density at radius 3 is 2.50 bits per heavy atom. The van der Waals surface area contributed by atoms with Gasteiger partial charge >= 0.3 is 0 Å². The predicted octanol–water partition coefficient (Wildman–Crippen LogP) is 2.27. The van der Waals surface area contributed by atoms with Crippen molar-refractivity contribution in [3.05, 3.63) is 54.1 Å². The summed E-state index contributed by atoms with van der Waals surface area (Å²) < 4.78 is 2.15. The lowest BCUT2D eigenvalue weighted by atomic mass is 10.0. The van der Waals surface area contributed by atoms with Gasteiger partial charge in [-0.05, 0) is 33.5 Å². The van der Waals surface area contributed by atoms with Gasteiger partial charge in [0.25, 0.3) is 0 Å². The second-order valence-electron chi connectivity index (χ2n) is 6.04. The molecule has 1 atom stereocenters. The molecule has 0 radical (unpaired) electrons. The summed E-state index contributed by atoms with van der Waals surface area (Å²) in [6, 6.07) is 10.00. The van der Waals surface area contributed by atoms with Crippen molar-refractivity contribution in [2.24, 2.45) is 5.73 Å². The van der Waals surface area contributed by atoms with Crippen molar-refractivity contribution in [1.82, 2.24) is 14.5 Å². The second kappa shape index (κ2) is 5.77. The fraction of sp³-hybridized carbons (Fsp3) is 0.438. The van der Waals surface area contributed by atoms with Gasteiger partial charge < -0.3 is 15.2 Å². The van der Waals surface area contributed by atoms with E-state index < -0.39 is 0 Å². The van der Waals surface area contributed by atoms with Gasteiger partial charge in [-0.15, -0.1) is 0 Å².